The Kier molecular flexibility index (Phi) is 6.39. The third kappa shape index (κ3) is 4.31. The number of aromatic nitrogens is 2. The van der Waals surface area contributed by atoms with Crippen molar-refractivity contribution in [2.45, 2.75) is 71.1 Å². The van der Waals surface area contributed by atoms with Crippen LogP contribution in [0.25, 0.3) is 10.9 Å². The topological polar surface area (TPSA) is 84.1 Å². The number of rotatable bonds is 6. The highest BCUT2D eigenvalue weighted by atomic mass is 16.5. The maximum Gasteiger partial charge on any atom is 0.359 e. The normalized spacial score (nSPS) is 25.3. The number of ether oxygens (including phenoxy) is 1. The minimum Gasteiger partial charge on any atom is -0.451 e. The number of carbonyl (C=O) groups excluding carboxylic acids is 2. The van der Waals surface area contributed by atoms with E-state index in [0.717, 1.165) is 31.2 Å². The van der Waals surface area contributed by atoms with Gasteiger partial charge in [-0.3, -0.25) is 9.89 Å². The van der Waals surface area contributed by atoms with Crippen LogP contribution < -0.4 is 5.32 Å². The van der Waals surface area contributed by atoms with Gasteiger partial charge in [-0.25, -0.2) is 4.79 Å². The number of aromatic amines is 1. The van der Waals surface area contributed by atoms with Gasteiger partial charge in [0.1, 0.15) is 0 Å². The van der Waals surface area contributed by atoms with Gasteiger partial charge in [-0.1, -0.05) is 70.5 Å². The average molecular weight is 488 g/mol. The molecule has 6 nitrogen and oxygen atoms in total. The van der Waals surface area contributed by atoms with Gasteiger partial charge in [0.05, 0.1) is 5.52 Å². The lowest BCUT2D eigenvalue weighted by Crippen LogP contribution is -2.53. The molecule has 0 aliphatic heterocycles. The van der Waals surface area contributed by atoms with Gasteiger partial charge in [0.2, 0.25) is 0 Å². The number of H-pyrrole nitrogens is 1. The molecule has 0 bridgehead atoms. The smallest absolute Gasteiger partial charge is 0.359 e. The summed E-state index contributed by atoms with van der Waals surface area (Å²) in [6.45, 7) is 9.55. The predicted molar refractivity (Wildman–Crippen MR) is 141 cm³/mol. The van der Waals surface area contributed by atoms with E-state index in [0.29, 0.717) is 23.8 Å². The van der Waals surface area contributed by atoms with E-state index in [2.05, 4.69) is 61.4 Å². The molecule has 3 atom stereocenters. The predicted octanol–water partition coefficient (Wildman–Crippen LogP) is 5.67. The molecular formula is C30H37N3O3. The standard InChI is InChI=1S/C30H37N3O3/c1-19(2)20-10-12-23-21(16-20)11-13-25-29(3,14-7-15-30(23,25)4)18-31-26(34)17-36-28(35)27-22-8-5-6-9-24(22)32-33-27/h5-6,8-10,12,16,19,25H,7,11,13-15,17-18H2,1-4H3,(H,31,34)(H,32,33). The molecule has 1 fully saturated rings. The molecule has 2 aromatic carbocycles. The van der Waals surface area contributed by atoms with E-state index < -0.39 is 5.97 Å². The number of fused-ring (bicyclic) bond motifs is 4. The van der Waals surface area contributed by atoms with Crippen molar-refractivity contribution < 1.29 is 14.3 Å². The number of para-hydroxylation sites is 1. The molecule has 3 unspecified atom stereocenters. The van der Waals surface area contributed by atoms with E-state index in [1.165, 1.54) is 23.1 Å². The Labute approximate surface area is 213 Å². The van der Waals surface area contributed by atoms with Crippen LogP contribution in [0.4, 0.5) is 0 Å². The van der Waals surface area contributed by atoms with Crippen molar-refractivity contribution in [3.05, 3.63) is 64.8 Å². The fourth-order valence-electron chi connectivity index (χ4n) is 6.88. The van der Waals surface area contributed by atoms with E-state index in [1.54, 1.807) is 0 Å². The van der Waals surface area contributed by atoms with Crippen molar-refractivity contribution in [2.75, 3.05) is 13.2 Å². The summed E-state index contributed by atoms with van der Waals surface area (Å²) < 4.78 is 5.30. The van der Waals surface area contributed by atoms with Crippen LogP contribution in [0.5, 0.6) is 0 Å². The lowest BCUT2D eigenvalue weighted by molar-refractivity contribution is -0.125. The molecule has 1 amide bonds. The summed E-state index contributed by atoms with van der Waals surface area (Å²) in [6, 6.07) is 14.5. The second kappa shape index (κ2) is 9.38. The Balaban J connectivity index is 1.23. The van der Waals surface area contributed by atoms with Gasteiger partial charge >= 0.3 is 5.97 Å². The minimum absolute atomic E-state index is 0.000522. The molecule has 1 aromatic heterocycles. The third-order valence-corrected chi connectivity index (χ3v) is 8.86. The van der Waals surface area contributed by atoms with Crippen molar-refractivity contribution in [3.8, 4) is 0 Å². The summed E-state index contributed by atoms with van der Waals surface area (Å²) in [6.07, 6.45) is 5.65. The van der Waals surface area contributed by atoms with Crippen molar-refractivity contribution >= 4 is 22.8 Å². The molecule has 0 radical (unpaired) electrons. The molecule has 36 heavy (non-hydrogen) atoms. The van der Waals surface area contributed by atoms with Crippen LogP contribution in [0.3, 0.4) is 0 Å². The Bertz CT molecular complexity index is 1300. The van der Waals surface area contributed by atoms with Gasteiger partial charge < -0.3 is 10.1 Å². The first-order valence-electron chi connectivity index (χ1n) is 13.2. The first kappa shape index (κ1) is 24.5. The van der Waals surface area contributed by atoms with E-state index in [4.69, 9.17) is 4.74 Å². The third-order valence-electron chi connectivity index (χ3n) is 8.86. The number of benzene rings is 2. The number of nitrogens with zero attached hydrogens (tertiary/aromatic N) is 1. The molecule has 190 valence electrons. The zero-order valence-corrected chi connectivity index (χ0v) is 21.8. The van der Waals surface area contributed by atoms with Gasteiger partial charge in [-0.2, -0.15) is 5.10 Å². The number of hydrogen-bond donors (Lipinski definition) is 2. The summed E-state index contributed by atoms with van der Waals surface area (Å²) in [7, 11) is 0. The quantitative estimate of drug-likeness (QED) is 0.439. The van der Waals surface area contributed by atoms with Crippen molar-refractivity contribution in [1.82, 2.24) is 15.5 Å². The van der Waals surface area contributed by atoms with Gasteiger partial charge in [0.25, 0.3) is 5.91 Å². The molecule has 2 N–H and O–H groups in total. The molecule has 3 aromatic rings. The zero-order valence-electron chi connectivity index (χ0n) is 21.8. The van der Waals surface area contributed by atoms with Crippen molar-refractivity contribution in [2.24, 2.45) is 11.3 Å². The highest BCUT2D eigenvalue weighted by Crippen LogP contribution is 2.57. The van der Waals surface area contributed by atoms with Gasteiger partial charge in [-0.15, -0.1) is 0 Å². The number of nitrogens with one attached hydrogen (secondary N) is 2. The van der Waals surface area contributed by atoms with Crippen LogP contribution in [0, 0.1) is 11.3 Å². The number of hydrogen-bond acceptors (Lipinski definition) is 4. The summed E-state index contributed by atoms with van der Waals surface area (Å²) in [5, 5.41) is 10.7. The lowest BCUT2D eigenvalue weighted by atomic mass is 9.49. The van der Waals surface area contributed by atoms with Crippen LogP contribution in [-0.4, -0.2) is 35.2 Å². The fourth-order valence-corrected chi connectivity index (χ4v) is 6.88. The summed E-state index contributed by atoms with van der Waals surface area (Å²) in [4.78, 5) is 25.2. The van der Waals surface area contributed by atoms with Crippen LogP contribution in [-0.2, 0) is 21.4 Å². The summed E-state index contributed by atoms with van der Waals surface area (Å²) >= 11 is 0. The highest BCUT2D eigenvalue weighted by Gasteiger charge is 2.51. The second-order valence-corrected chi connectivity index (χ2v) is 11.6. The molecule has 1 heterocycles. The minimum atomic E-state index is -0.594. The highest BCUT2D eigenvalue weighted by molar-refractivity contribution is 6.02. The number of esters is 1. The Morgan fingerprint density at radius 1 is 1.17 bits per heavy atom. The van der Waals surface area contributed by atoms with E-state index in [-0.39, 0.29) is 29.0 Å². The van der Waals surface area contributed by atoms with E-state index >= 15 is 0 Å². The van der Waals surface area contributed by atoms with Crippen LogP contribution in [0.1, 0.15) is 86.5 Å². The first-order chi connectivity index (χ1) is 17.2. The summed E-state index contributed by atoms with van der Waals surface area (Å²) in [5.74, 6) is 0.168. The number of aryl methyl sites for hydroxylation is 1. The van der Waals surface area contributed by atoms with E-state index in [1.807, 2.05) is 24.3 Å². The van der Waals surface area contributed by atoms with Crippen LogP contribution in [0.2, 0.25) is 0 Å². The molecule has 6 heteroatoms. The Morgan fingerprint density at radius 3 is 2.78 bits per heavy atom. The molecule has 0 saturated heterocycles. The molecule has 1 saturated carbocycles. The average Bonchev–Trinajstić information content (AvgIpc) is 3.30. The molecule has 0 spiro atoms. The Morgan fingerprint density at radius 2 is 1.97 bits per heavy atom. The largest absolute Gasteiger partial charge is 0.451 e. The fraction of sp³-hybridized carbons (Fsp3) is 0.500. The number of amides is 1. The Hall–Kier alpha value is -3.15. The number of carbonyl (C=O) groups is 2. The molecule has 2 aliphatic rings. The maximum absolute atomic E-state index is 12.7. The van der Waals surface area contributed by atoms with Crippen molar-refractivity contribution in [1.29, 1.82) is 0 Å². The van der Waals surface area contributed by atoms with Crippen LogP contribution in [0.15, 0.2) is 42.5 Å². The first-order valence-corrected chi connectivity index (χ1v) is 13.2. The van der Waals surface area contributed by atoms with Gasteiger partial charge in [-0.05, 0) is 71.1 Å². The second-order valence-electron chi connectivity index (χ2n) is 11.6. The van der Waals surface area contributed by atoms with Gasteiger partial charge in [0.15, 0.2) is 12.3 Å². The molecule has 5 rings (SSSR count). The van der Waals surface area contributed by atoms with Gasteiger partial charge in [0, 0.05) is 11.9 Å². The summed E-state index contributed by atoms with van der Waals surface area (Å²) in [5.41, 5.74) is 5.51. The molecular weight excluding hydrogens is 450 g/mol. The SMILES string of the molecule is CC(C)c1ccc2c(c1)CCC1C(C)(CNC(=O)COC(=O)c3n[nH]c4ccccc34)CCCC21C. The zero-order chi connectivity index (χ0) is 25.5. The maximum atomic E-state index is 12.7. The van der Waals surface area contributed by atoms with Crippen LogP contribution >= 0.6 is 0 Å². The monoisotopic (exact) mass is 487 g/mol. The lowest BCUT2D eigenvalue weighted by Gasteiger charge is -2.55. The molecule has 2 aliphatic carbocycles. The van der Waals surface area contributed by atoms with E-state index in [9.17, 15) is 9.59 Å². The van der Waals surface area contributed by atoms with Crippen molar-refractivity contribution in [3.63, 3.8) is 0 Å².